The van der Waals surface area contributed by atoms with Gasteiger partial charge >= 0.3 is 0 Å². The monoisotopic (exact) mass is 377 g/mol. The molecule has 3 heterocycles. The molecule has 0 unspecified atom stereocenters. The van der Waals surface area contributed by atoms with Crippen LogP contribution in [0.3, 0.4) is 0 Å². The van der Waals surface area contributed by atoms with E-state index in [0.29, 0.717) is 36.0 Å². The minimum absolute atomic E-state index is 0.115. The summed E-state index contributed by atoms with van der Waals surface area (Å²) in [7, 11) is 0. The van der Waals surface area contributed by atoms with Crippen LogP contribution in [0.15, 0.2) is 53.2 Å². The number of anilines is 1. The number of nitrogens with zero attached hydrogens (tertiary/aromatic N) is 5. The minimum Gasteiger partial charge on any atom is -0.367 e. The Morgan fingerprint density at radius 2 is 2.00 bits per heavy atom. The van der Waals surface area contributed by atoms with E-state index in [1.165, 1.54) is 0 Å². The van der Waals surface area contributed by atoms with E-state index in [-0.39, 0.29) is 12.3 Å². The highest BCUT2D eigenvalue weighted by Crippen LogP contribution is 2.17. The molecule has 9 heteroatoms. The van der Waals surface area contributed by atoms with E-state index in [2.05, 4.69) is 31.1 Å². The smallest absolute Gasteiger partial charge is 0.226 e. The number of rotatable bonds is 7. The number of aryl methyl sites for hydroxylation is 1. The molecule has 0 aliphatic rings. The van der Waals surface area contributed by atoms with Gasteiger partial charge in [0.15, 0.2) is 11.4 Å². The molecule has 0 atom stereocenters. The van der Waals surface area contributed by atoms with Crippen molar-refractivity contribution in [2.45, 2.75) is 13.3 Å². The molecule has 4 aromatic rings. The summed E-state index contributed by atoms with van der Waals surface area (Å²) < 4.78 is 6.88. The first kappa shape index (κ1) is 17.7. The molecule has 2 N–H and O–H groups in total. The average Bonchev–Trinajstić information content (AvgIpc) is 3.32. The SMILES string of the molecule is Cc1ccn(-c2ccc(NCCNC(=O)Cc3noc4ccccc34)nn2)n1. The van der Waals surface area contributed by atoms with Crippen molar-refractivity contribution in [1.82, 2.24) is 30.5 Å². The fraction of sp³-hybridized carbons (Fsp3) is 0.211. The van der Waals surface area contributed by atoms with Gasteiger partial charge in [-0.2, -0.15) is 5.10 Å². The molecule has 0 radical (unpaired) electrons. The summed E-state index contributed by atoms with van der Waals surface area (Å²) >= 11 is 0. The summed E-state index contributed by atoms with van der Waals surface area (Å²) in [5.41, 5.74) is 2.23. The normalized spacial score (nSPS) is 10.9. The molecule has 0 aliphatic heterocycles. The van der Waals surface area contributed by atoms with Crippen molar-refractivity contribution in [3.8, 4) is 5.82 Å². The molecule has 9 nitrogen and oxygen atoms in total. The average molecular weight is 377 g/mol. The molecule has 0 aliphatic carbocycles. The summed E-state index contributed by atoms with van der Waals surface area (Å²) in [6.07, 6.45) is 2.01. The maximum absolute atomic E-state index is 12.1. The highest BCUT2D eigenvalue weighted by atomic mass is 16.5. The quantitative estimate of drug-likeness (QED) is 0.473. The first-order valence-corrected chi connectivity index (χ1v) is 8.89. The largest absolute Gasteiger partial charge is 0.367 e. The fourth-order valence-corrected chi connectivity index (χ4v) is 2.76. The molecule has 28 heavy (non-hydrogen) atoms. The highest BCUT2D eigenvalue weighted by molar-refractivity contribution is 5.86. The number of benzene rings is 1. The lowest BCUT2D eigenvalue weighted by atomic mass is 10.1. The van der Waals surface area contributed by atoms with Gasteiger partial charge in [0, 0.05) is 24.7 Å². The Morgan fingerprint density at radius 1 is 1.11 bits per heavy atom. The lowest BCUT2D eigenvalue weighted by Crippen LogP contribution is -2.30. The molecule has 0 saturated carbocycles. The van der Waals surface area contributed by atoms with Gasteiger partial charge in [-0.05, 0) is 37.3 Å². The topological polar surface area (TPSA) is 111 Å². The Bertz CT molecular complexity index is 1090. The van der Waals surface area contributed by atoms with E-state index in [1.54, 1.807) is 4.68 Å². The van der Waals surface area contributed by atoms with Crippen LogP contribution in [0.2, 0.25) is 0 Å². The molecule has 1 amide bonds. The van der Waals surface area contributed by atoms with Gasteiger partial charge in [0.05, 0.1) is 12.1 Å². The number of hydrogen-bond acceptors (Lipinski definition) is 7. The van der Waals surface area contributed by atoms with Crippen molar-refractivity contribution in [3.63, 3.8) is 0 Å². The van der Waals surface area contributed by atoms with Crippen LogP contribution in [0.4, 0.5) is 5.82 Å². The highest BCUT2D eigenvalue weighted by Gasteiger charge is 2.11. The van der Waals surface area contributed by atoms with Crippen LogP contribution in [0.5, 0.6) is 0 Å². The number of aromatic nitrogens is 5. The molecule has 1 aromatic carbocycles. The number of para-hydroxylation sites is 1. The van der Waals surface area contributed by atoms with Crippen LogP contribution in [0.25, 0.3) is 16.8 Å². The number of carbonyl (C=O) groups is 1. The minimum atomic E-state index is -0.115. The lowest BCUT2D eigenvalue weighted by molar-refractivity contribution is -0.120. The van der Waals surface area contributed by atoms with Gasteiger partial charge in [0.2, 0.25) is 5.91 Å². The summed E-state index contributed by atoms with van der Waals surface area (Å²) in [6.45, 7) is 2.90. The van der Waals surface area contributed by atoms with Gasteiger partial charge in [-0.15, -0.1) is 10.2 Å². The van der Waals surface area contributed by atoms with Gasteiger partial charge in [0.25, 0.3) is 0 Å². The number of hydrogen-bond donors (Lipinski definition) is 2. The molecular weight excluding hydrogens is 358 g/mol. The van der Waals surface area contributed by atoms with Crippen LogP contribution in [-0.2, 0) is 11.2 Å². The Morgan fingerprint density at radius 3 is 2.79 bits per heavy atom. The Balaban J connectivity index is 1.23. The fourth-order valence-electron chi connectivity index (χ4n) is 2.76. The van der Waals surface area contributed by atoms with Gasteiger partial charge in [-0.25, -0.2) is 4.68 Å². The van der Waals surface area contributed by atoms with E-state index in [9.17, 15) is 4.79 Å². The van der Waals surface area contributed by atoms with E-state index < -0.39 is 0 Å². The van der Waals surface area contributed by atoms with Gasteiger partial charge in [-0.1, -0.05) is 17.3 Å². The summed E-state index contributed by atoms with van der Waals surface area (Å²) in [6, 6.07) is 13.0. The van der Waals surface area contributed by atoms with E-state index in [4.69, 9.17) is 4.52 Å². The number of fused-ring (bicyclic) bond motifs is 1. The zero-order chi connectivity index (χ0) is 19.3. The molecule has 142 valence electrons. The van der Waals surface area contributed by atoms with Crippen LogP contribution in [0, 0.1) is 6.92 Å². The second kappa shape index (κ2) is 7.87. The Kier molecular flexibility index (Phi) is 4.96. The van der Waals surface area contributed by atoms with Gasteiger partial charge in [0.1, 0.15) is 11.5 Å². The van der Waals surface area contributed by atoms with Gasteiger partial charge < -0.3 is 15.2 Å². The summed E-state index contributed by atoms with van der Waals surface area (Å²) in [5.74, 6) is 1.16. The summed E-state index contributed by atoms with van der Waals surface area (Å²) in [4.78, 5) is 12.1. The Hall–Kier alpha value is -3.75. The van der Waals surface area contributed by atoms with E-state index >= 15 is 0 Å². The van der Waals surface area contributed by atoms with Crippen molar-refractivity contribution < 1.29 is 9.32 Å². The maximum atomic E-state index is 12.1. The standard InChI is InChI=1S/C19H19N7O2/c1-13-8-11-26(24-13)18-7-6-17(22-23-18)20-9-10-21-19(27)12-15-14-4-2-3-5-16(14)28-25-15/h2-8,11H,9-10,12H2,1H3,(H,20,22)(H,21,27). The van der Waals surface area contributed by atoms with E-state index in [0.717, 1.165) is 11.1 Å². The lowest BCUT2D eigenvalue weighted by Gasteiger charge is -2.07. The van der Waals surface area contributed by atoms with Crippen LogP contribution in [0.1, 0.15) is 11.4 Å². The van der Waals surface area contributed by atoms with Crippen molar-refractivity contribution in [2.24, 2.45) is 0 Å². The van der Waals surface area contributed by atoms with Crippen LogP contribution < -0.4 is 10.6 Å². The third-order valence-corrected chi connectivity index (χ3v) is 4.14. The first-order valence-electron chi connectivity index (χ1n) is 8.89. The first-order chi connectivity index (χ1) is 13.7. The molecule has 3 aromatic heterocycles. The molecular formula is C19H19N7O2. The molecule has 0 fully saturated rings. The third-order valence-electron chi connectivity index (χ3n) is 4.14. The predicted octanol–water partition coefficient (Wildman–Crippen LogP) is 1.88. The second-order valence-corrected chi connectivity index (χ2v) is 6.26. The van der Waals surface area contributed by atoms with Crippen molar-refractivity contribution in [3.05, 3.63) is 60.0 Å². The molecule has 0 saturated heterocycles. The third kappa shape index (κ3) is 3.98. The number of nitrogens with one attached hydrogen (secondary N) is 2. The second-order valence-electron chi connectivity index (χ2n) is 6.26. The maximum Gasteiger partial charge on any atom is 0.226 e. The summed E-state index contributed by atoms with van der Waals surface area (Å²) in [5, 5.41) is 23.3. The molecule has 0 spiro atoms. The zero-order valence-electron chi connectivity index (χ0n) is 15.3. The van der Waals surface area contributed by atoms with E-state index in [1.807, 2.05) is 55.6 Å². The predicted molar refractivity (Wildman–Crippen MR) is 103 cm³/mol. The van der Waals surface area contributed by atoms with Crippen molar-refractivity contribution in [1.29, 1.82) is 0 Å². The van der Waals surface area contributed by atoms with Gasteiger partial charge in [-0.3, -0.25) is 4.79 Å². The van der Waals surface area contributed by atoms with Crippen LogP contribution in [-0.4, -0.2) is 44.1 Å². The molecule has 4 rings (SSSR count). The zero-order valence-corrected chi connectivity index (χ0v) is 15.3. The number of carbonyl (C=O) groups excluding carboxylic acids is 1. The number of amides is 1. The Labute approximate surface area is 160 Å². The van der Waals surface area contributed by atoms with Crippen LogP contribution >= 0.6 is 0 Å². The van der Waals surface area contributed by atoms with Crippen molar-refractivity contribution in [2.75, 3.05) is 18.4 Å². The van der Waals surface area contributed by atoms with Crippen molar-refractivity contribution >= 4 is 22.7 Å². The molecule has 0 bridgehead atoms.